The van der Waals surface area contributed by atoms with Crippen molar-refractivity contribution in [3.8, 4) is 0 Å². The standard InChI is InChI=1S/C20H19N3O3S/c1-12(24)9-19-21-22-20(23(19)2)27-11-16(25)13-7-8-18-15(10-13)14-5-3-4-6-17(14)26-18/h3-8,10,12,24H,9,11H2,1-2H3. The molecule has 0 aliphatic heterocycles. The molecule has 1 atom stereocenters. The van der Waals surface area contributed by atoms with E-state index in [1.54, 1.807) is 13.0 Å². The highest BCUT2D eigenvalue weighted by Crippen LogP contribution is 2.29. The van der Waals surface area contributed by atoms with Crippen LogP contribution in [0.4, 0.5) is 0 Å². The van der Waals surface area contributed by atoms with Gasteiger partial charge in [-0.3, -0.25) is 4.79 Å². The number of para-hydroxylation sites is 1. The van der Waals surface area contributed by atoms with Crippen molar-refractivity contribution in [3.05, 3.63) is 53.9 Å². The minimum absolute atomic E-state index is 0.0206. The number of furan rings is 1. The summed E-state index contributed by atoms with van der Waals surface area (Å²) in [4.78, 5) is 12.7. The highest BCUT2D eigenvalue weighted by Gasteiger charge is 2.15. The van der Waals surface area contributed by atoms with Crippen LogP contribution < -0.4 is 0 Å². The summed E-state index contributed by atoms with van der Waals surface area (Å²) in [5, 5.41) is 20.3. The van der Waals surface area contributed by atoms with E-state index in [0.29, 0.717) is 23.0 Å². The molecular weight excluding hydrogens is 362 g/mol. The van der Waals surface area contributed by atoms with E-state index >= 15 is 0 Å². The first-order valence-electron chi connectivity index (χ1n) is 8.66. The predicted molar refractivity (Wildman–Crippen MR) is 105 cm³/mol. The van der Waals surface area contributed by atoms with Crippen LogP contribution in [0.3, 0.4) is 0 Å². The van der Waals surface area contributed by atoms with Crippen LogP contribution in [0.1, 0.15) is 23.1 Å². The quantitative estimate of drug-likeness (QED) is 0.406. The van der Waals surface area contributed by atoms with Crippen molar-refractivity contribution < 1.29 is 14.3 Å². The summed E-state index contributed by atoms with van der Waals surface area (Å²) >= 11 is 1.34. The number of aromatic nitrogens is 3. The van der Waals surface area contributed by atoms with Gasteiger partial charge in [-0.05, 0) is 31.2 Å². The van der Waals surface area contributed by atoms with Gasteiger partial charge in [0.15, 0.2) is 10.9 Å². The van der Waals surface area contributed by atoms with Gasteiger partial charge in [-0.15, -0.1) is 10.2 Å². The number of thioether (sulfide) groups is 1. The van der Waals surface area contributed by atoms with Crippen molar-refractivity contribution in [3.63, 3.8) is 0 Å². The molecule has 7 heteroatoms. The molecule has 27 heavy (non-hydrogen) atoms. The van der Waals surface area contributed by atoms with Gasteiger partial charge in [-0.25, -0.2) is 0 Å². The maximum absolute atomic E-state index is 12.7. The zero-order chi connectivity index (χ0) is 19.0. The van der Waals surface area contributed by atoms with Crippen LogP contribution in [-0.4, -0.2) is 37.5 Å². The maximum atomic E-state index is 12.7. The number of hydrogen-bond acceptors (Lipinski definition) is 6. The molecule has 0 fully saturated rings. The largest absolute Gasteiger partial charge is 0.456 e. The second-order valence-electron chi connectivity index (χ2n) is 6.53. The fourth-order valence-electron chi connectivity index (χ4n) is 3.03. The minimum Gasteiger partial charge on any atom is -0.456 e. The first-order chi connectivity index (χ1) is 13.0. The van der Waals surface area contributed by atoms with Gasteiger partial charge in [0.1, 0.15) is 17.0 Å². The number of nitrogens with zero attached hydrogens (tertiary/aromatic N) is 3. The fraction of sp³-hybridized carbons (Fsp3) is 0.250. The fourth-order valence-corrected chi connectivity index (χ4v) is 3.85. The topological polar surface area (TPSA) is 81.2 Å². The third-order valence-corrected chi connectivity index (χ3v) is 5.45. The van der Waals surface area contributed by atoms with E-state index in [4.69, 9.17) is 4.42 Å². The number of benzene rings is 2. The van der Waals surface area contributed by atoms with E-state index in [-0.39, 0.29) is 11.5 Å². The lowest BCUT2D eigenvalue weighted by molar-refractivity contribution is 0.102. The summed E-state index contributed by atoms with van der Waals surface area (Å²) in [6.45, 7) is 1.71. The first-order valence-corrected chi connectivity index (χ1v) is 9.65. The van der Waals surface area contributed by atoms with Gasteiger partial charge >= 0.3 is 0 Å². The zero-order valence-electron chi connectivity index (χ0n) is 15.0. The van der Waals surface area contributed by atoms with Gasteiger partial charge in [0, 0.05) is 29.8 Å². The minimum atomic E-state index is -0.483. The Kier molecular flexibility index (Phi) is 4.72. The molecule has 0 spiro atoms. The first kappa shape index (κ1) is 17.8. The van der Waals surface area contributed by atoms with Crippen LogP contribution in [0.2, 0.25) is 0 Å². The van der Waals surface area contributed by atoms with Crippen LogP contribution in [0.25, 0.3) is 21.9 Å². The second kappa shape index (κ2) is 7.17. The molecule has 4 aromatic rings. The summed E-state index contributed by atoms with van der Waals surface area (Å²) in [6.07, 6.45) is -0.0497. The Labute approximate surface area is 160 Å². The lowest BCUT2D eigenvalue weighted by Gasteiger charge is -2.05. The Morgan fingerprint density at radius 1 is 1.19 bits per heavy atom. The predicted octanol–water partition coefficient (Wildman–Crippen LogP) is 3.61. The number of Topliss-reactive ketones (excluding diaryl/α,β-unsaturated/α-hetero) is 1. The molecule has 0 amide bonds. The number of hydrogen-bond donors (Lipinski definition) is 1. The molecule has 2 heterocycles. The Bertz CT molecular complexity index is 1130. The summed E-state index contributed by atoms with van der Waals surface area (Å²) in [6, 6.07) is 13.3. The number of aliphatic hydroxyl groups is 1. The molecule has 0 saturated carbocycles. The number of aliphatic hydroxyl groups excluding tert-OH is 1. The van der Waals surface area contributed by atoms with Gasteiger partial charge in [0.2, 0.25) is 0 Å². The van der Waals surface area contributed by atoms with E-state index in [2.05, 4.69) is 10.2 Å². The molecule has 0 saturated heterocycles. The average molecular weight is 381 g/mol. The van der Waals surface area contributed by atoms with Gasteiger partial charge in [0.05, 0.1) is 11.9 Å². The van der Waals surface area contributed by atoms with Crippen LogP contribution in [-0.2, 0) is 13.5 Å². The zero-order valence-corrected chi connectivity index (χ0v) is 15.9. The van der Waals surface area contributed by atoms with Crippen molar-refractivity contribution in [1.29, 1.82) is 0 Å². The molecule has 1 N–H and O–H groups in total. The summed E-state index contributed by atoms with van der Waals surface area (Å²) in [5.74, 6) is 0.987. The molecular formula is C20H19N3O3S. The maximum Gasteiger partial charge on any atom is 0.191 e. The average Bonchev–Trinajstić information content (AvgIpc) is 3.19. The van der Waals surface area contributed by atoms with E-state index in [0.717, 1.165) is 21.9 Å². The monoisotopic (exact) mass is 381 g/mol. The van der Waals surface area contributed by atoms with Crippen LogP contribution >= 0.6 is 11.8 Å². The second-order valence-corrected chi connectivity index (χ2v) is 7.47. The lowest BCUT2D eigenvalue weighted by Crippen LogP contribution is -2.10. The van der Waals surface area contributed by atoms with Gasteiger partial charge in [-0.1, -0.05) is 30.0 Å². The normalized spacial score (nSPS) is 12.7. The van der Waals surface area contributed by atoms with Crippen molar-refractivity contribution in [2.45, 2.75) is 24.6 Å². The van der Waals surface area contributed by atoms with Crippen molar-refractivity contribution in [2.24, 2.45) is 7.05 Å². The number of carbonyl (C=O) groups is 1. The third-order valence-electron chi connectivity index (χ3n) is 4.43. The molecule has 0 radical (unpaired) electrons. The molecule has 0 aliphatic carbocycles. The molecule has 2 aromatic heterocycles. The Morgan fingerprint density at radius 3 is 2.78 bits per heavy atom. The highest BCUT2D eigenvalue weighted by molar-refractivity contribution is 7.99. The van der Waals surface area contributed by atoms with E-state index in [9.17, 15) is 9.90 Å². The van der Waals surface area contributed by atoms with Gasteiger partial charge in [-0.2, -0.15) is 0 Å². The number of ketones is 1. The molecule has 1 unspecified atom stereocenters. The number of fused-ring (bicyclic) bond motifs is 3. The SMILES string of the molecule is CC(O)Cc1nnc(SCC(=O)c2ccc3oc4ccccc4c3c2)n1C. The van der Waals surface area contributed by atoms with Crippen LogP contribution in [0, 0.1) is 0 Å². The van der Waals surface area contributed by atoms with Crippen molar-refractivity contribution in [2.75, 3.05) is 5.75 Å². The van der Waals surface area contributed by atoms with Gasteiger partial charge in [0.25, 0.3) is 0 Å². The Morgan fingerprint density at radius 2 is 1.96 bits per heavy atom. The molecule has 2 aromatic carbocycles. The highest BCUT2D eigenvalue weighted by atomic mass is 32.2. The molecule has 0 aliphatic rings. The molecule has 0 bridgehead atoms. The van der Waals surface area contributed by atoms with Crippen LogP contribution in [0.5, 0.6) is 0 Å². The Balaban J connectivity index is 1.53. The molecule has 138 valence electrons. The molecule has 4 rings (SSSR count). The molecule has 6 nitrogen and oxygen atoms in total. The van der Waals surface area contributed by atoms with Crippen molar-refractivity contribution >= 4 is 39.5 Å². The van der Waals surface area contributed by atoms with E-state index < -0.39 is 6.10 Å². The summed E-state index contributed by atoms with van der Waals surface area (Å²) in [7, 11) is 1.84. The van der Waals surface area contributed by atoms with Crippen LogP contribution in [0.15, 0.2) is 52.0 Å². The summed E-state index contributed by atoms with van der Waals surface area (Å²) < 4.78 is 7.62. The smallest absolute Gasteiger partial charge is 0.191 e. The van der Waals surface area contributed by atoms with E-state index in [1.807, 2.05) is 48.0 Å². The number of rotatable bonds is 6. The van der Waals surface area contributed by atoms with E-state index in [1.165, 1.54) is 11.8 Å². The number of carbonyl (C=O) groups excluding carboxylic acids is 1. The third kappa shape index (κ3) is 3.48. The lowest BCUT2D eigenvalue weighted by atomic mass is 10.1. The van der Waals surface area contributed by atoms with Gasteiger partial charge < -0.3 is 14.1 Å². The van der Waals surface area contributed by atoms with Crippen molar-refractivity contribution in [1.82, 2.24) is 14.8 Å². The summed E-state index contributed by atoms with van der Waals surface area (Å²) in [5.41, 5.74) is 2.24. The Hall–Kier alpha value is -2.64.